The Hall–Kier alpha value is -1.31. The van der Waals surface area contributed by atoms with Crippen LogP contribution in [0.1, 0.15) is 5.56 Å². The van der Waals surface area contributed by atoms with Gasteiger partial charge in [-0.2, -0.15) is 8.78 Å². The van der Waals surface area contributed by atoms with Crippen molar-refractivity contribution < 1.29 is 30.7 Å². The topological polar surface area (TPSA) is 26.0 Å². The fourth-order valence-corrected chi connectivity index (χ4v) is 1.04. The predicted octanol–water partition coefficient (Wildman–Crippen LogP) is 2.48. The molecule has 0 bridgehead atoms. The molecule has 0 saturated carbocycles. The van der Waals surface area contributed by atoms with E-state index >= 15 is 0 Å². The van der Waals surface area contributed by atoms with E-state index in [2.05, 4.69) is 5.73 Å². The van der Waals surface area contributed by atoms with Crippen LogP contribution in [0.5, 0.6) is 0 Å². The van der Waals surface area contributed by atoms with E-state index < -0.39 is 47.1 Å². The molecule has 0 spiro atoms. The van der Waals surface area contributed by atoms with Crippen molar-refractivity contribution in [1.82, 2.24) is 0 Å². The average molecular weight is 247 g/mol. The molecule has 0 aliphatic heterocycles. The maximum absolute atomic E-state index is 12.8. The Morgan fingerprint density at radius 2 is 1.06 bits per heavy atom. The van der Waals surface area contributed by atoms with Gasteiger partial charge < -0.3 is 0 Å². The molecule has 2 N–H and O–H groups in total. The second kappa shape index (κ2) is 3.93. The summed E-state index contributed by atoms with van der Waals surface area (Å²) in [5, 5.41) is 0. The summed E-state index contributed by atoms with van der Waals surface area (Å²) in [6.45, 7) is 0. The lowest BCUT2D eigenvalue weighted by atomic mass is 10.1. The summed E-state index contributed by atoms with van der Waals surface area (Å²) in [5.41, 5.74) is 2.50. The third kappa shape index (κ3) is 2.26. The number of alkyl halides is 2. The third-order valence-electron chi connectivity index (χ3n) is 1.71. The van der Waals surface area contributed by atoms with Crippen molar-refractivity contribution in [2.45, 2.75) is 12.5 Å². The van der Waals surface area contributed by atoms with E-state index in [1.54, 1.807) is 0 Å². The first kappa shape index (κ1) is 12.8. The lowest BCUT2D eigenvalue weighted by molar-refractivity contribution is 0.00663. The van der Waals surface area contributed by atoms with Crippen LogP contribution in [0.3, 0.4) is 0 Å². The Bertz CT molecular complexity index is 394. The van der Waals surface area contributed by atoms with Crippen LogP contribution in [0.15, 0.2) is 0 Å². The van der Waals surface area contributed by atoms with E-state index in [-0.39, 0.29) is 0 Å². The van der Waals surface area contributed by atoms with Gasteiger partial charge in [0.15, 0.2) is 23.3 Å². The molecule has 1 aromatic carbocycles. The van der Waals surface area contributed by atoms with Crippen LogP contribution in [-0.4, -0.2) is 6.05 Å². The number of hydrogen-bond acceptors (Lipinski definition) is 1. The lowest BCUT2D eigenvalue weighted by Crippen LogP contribution is -2.32. The zero-order valence-electron chi connectivity index (χ0n) is 7.43. The Labute approximate surface area is 84.7 Å². The Morgan fingerprint density at radius 3 is 1.38 bits per heavy atom. The summed E-state index contributed by atoms with van der Waals surface area (Å²) in [6, 6.07) is -4.07. The van der Waals surface area contributed by atoms with E-state index in [1.165, 1.54) is 0 Å². The van der Waals surface area contributed by atoms with Crippen LogP contribution in [0, 0.1) is 29.1 Å². The number of hydrogen-bond donors (Lipinski definition) is 1. The summed E-state index contributed by atoms with van der Waals surface area (Å²) < 4.78 is 87.7. The van der Waals surface area contributed by atoms with Gasteiger partial charge >= 0.3 is 6.05 Å². The molecule has 0 aliphatic rings. The maximum atomic E-state index is 12.8. The van der Waals surface area contributed by atoms with E-state index in [9.17, 15) is 30.7 Å². The number of nitrogens with two attached hydrogens (primary N) is 1. The minimum atomic E-state index is -4.07. The van der Waals surface area contributed by atoms with Gasteiger partial charge in [0.25, 0.3) is 0 Å². The highest BCUT2D eigenvalue weighted by Gasteiger charge is 2.32. The summed E-state index contributed by atoms with van der Waals surface area (Å²) in [7, 11) is 0. The zero-order valence-corrected chi connectivity index (χ0v) is 7.43. The van der Waals surface area contributed by atoms with Gasteiger partial charge in [0.1, 0.15) is 0 Å². The molecule has 0 atom stereocenters. The molecule has 0 amide bonds. The summed E-state index contributed by atoms with van der Waals surface area (Å²) in [4.78, 5) is 0. The van der Waals surface area contributed by atoms with Crippen LogP contribution in [0.25, 0.3) is 0 Å². The minimum Gasteiger partial charge on any atom is -0.272 e. The van der Waals surface area contributed by atoms with E-state index in [1.807, 2.05) is 0 Å². The van der Waals surface area contributed by atoms with Gasteiger partial charge in [0, 0.05) is 5.56 Å². The first-order chi connectivity index (χ1) is 7.15. The molecule has 1 rings (SSSR count). The van der Waals surface area contributed by atoms with E-state index in [0.717, 1.165) is 0 Å². The third-order valence-corrected chi connectivity index (χ3v) is 1.71. The van der Waals surface area contributed by atoms with Gasteiger partial charge in [-0.3, -0.25) is 5.73 Å². The summed E-state index contributed by atoms with van der Waals surface area (Å²) in [6.07, 6.45) is -1.78. The largest absolute Gasteiger partial charge is 0.304 e. The second-order valence-electron chi connectivity index (χ2n) is 2.99. The van der Waals surface area contributed by atoms with Crippen LogP contribution in [-0.2, 0) is 6.42 Å². The Kier molecular flexibility index (Phi) is 3.13. The molecule has 0 unspecified atom stereocenters. The standard InChI is InChI=1S/C8H4F7N/c9-3-2(1-8(14,15)16)4(10)6(12)7(13)5(3)11/h1,16H2. The van der Waals surface area contributed by atoms with E-state index in [4.69, 9.17) is 0 Å². The zero-order chi connectivity index (χ0) is 12.7. The lowest BCUT2D eigenvalue weighted by Gasteiger charge is -2.12. The van der Waals surface area contributed by atoms with Crippen molar-refractivity contribution in [3.8, 4) is 0 Å². The fraction of sp³-hybridized carbons (Fsp3) is 0.250. The highest BCUT2D eigenvalue weighted by atomic mass is 19.3. The molecular formula is C8H4F7N. The first-order valence-electron chi connectivity index (χ1n) is 3.82. The van der Waals surface area contributed by atoms with Gasteiger partial charge in [-0.1, -0.05) is 0 Å². The highest BCUT2D eigenvalue weighted by Crippen LogP contribution is 2.26. The van der Waals surface area contributed by atoms with Crippen LogP contribution >= 0.6 is 0 Å². The molecule has 0 aliphatic carbocycles. The Balaban J connectivity index is 3.40. The molecular weight excluding hydrogens is 243 g/mol. The molecule has 1 aromatic rings. The maximum Gasteiger partial charge on any atom is 0.304 e. The Morgan fingerprint density at radius 1 is 0.750 bits per heavy atom. The second-order valence-corrected chi connectivity index (χ2v) is 2.99. The number of rotatable bonds is 2. The predicted molar refractivity (Wildman–Crippen MR) is 39.1 cm³/mol. The van der Waals surface area contributed by atoms with Crippen LogP contribution < -0.4 is 5.73 Å². The van der Waals surface area contributed by atoms with Crippen molar-refractivity contribution in [3.05, 3.63) is 34.6 Å². The number of benzene rings is 1. The van der Waals surface area contributed by atoms with E-state index in [0.29, 0.717) is 0 Å². The first-order valence-corrected chi connectivity index (χ1v) is 3.82. The molecule has 1 nitrogen and oxygen atoms in total. The van der Waals surface area contributed by atoms with Crippen molar-refractivity contribution in [1.29, 1.82) is 0 Å². The molecule has 90 valence electrons. The quantitative estimate of drug-likeness (QED) is 0.369. The number of halogens is 7. The fourth-order valence-electron chi connectivity index (χ4n) is 1.04. The monoisotopic (exact) mass is 247 g/mol. The van der Waals surface area contributed by atoms with Crippen LogP contribution in [0.4, 0.5) is 30.7 Å². The average Bonchev–Trinajstić information content (AvgIpc) is 2.17. The van der Waals surface area contributed by atoms with Crippen molar-refractivity contribution in [3.63, 3.8) is 0 Å². The SMILES string of the molecule is NC(F)(F)Cc1c(F)c(F)c(F)c(F)c1F. The van der Waals surface area contributed by atoms with Crippen LogP contribution in [0.2, 0.25) is 0 Å². The molecule has 0 heterocycles. The summed E-state index contributed by atoms with van der Waals surface area (Å²) in [5.74, 6) is -11.6. The normalized spacial score (nSPS) is 12.0. The van der Waals surface area contributed by atoms with Crippen molar-refractivity contribution in [2.24, 2.45) is 5.73 Å². The summed E-state index contributed by atoms with van der Waals surface area (Å²) >= 11 is 0. The molecule has 8 heteroatoms. The van der Waals surface area contributed by atoms with Gasteiger partial charge in [-0.05, 0) is 0 Å². The molecule has 0 saturated heterocycles. The molecule has 0 radical (unpaired) electrons. The molecule has 0 aromatic heterocycles. The van der Waals surface area contributed by atoms with Gasteiger partial charge in [-0.25, -0.2) is 22.0 Å². The minimum absolute atomic E-state index is 1.64. The smallest absolute Gasteiger partial charge is 0.272 e. The van der Waals surface area contributed by atoms with Crippen molar-refractivity contribution >= 4 is 0 Å². The van der Waals surface area contributed by atoms with Gasteiger partial charge in [-0.15, -0.1) is 0 Å². The van der Waals surface area contributed by atoms with Gasteiger partial charge in [0.05, 0.1) is 6.42 Å². The highest BCUT2D eigenvalue weighted by molar-refractivity contribution is 5.24. The van der Waals surface area contributed by atoms with Crippen molar-refractivity contribution in [2.75, 3.05) is 0 Å². The van der Waals surface area contributed by atoms with Gasteiger partial charge in [0.2, 0.25) is 5.82 Å². The molecule has 16 heavy (non-hydrogen) atoms. The molecule has 0 fully saturated rings.